The van der Waals surface area contributed by atoms with Crippen LogP contribution in [0.3, 0.4) is 0 Å². The SMILES string of the molecule is C1=COC(OC2C=CCCC2)C=C1. The molecule has 70 valence electrons. The third-order valence-corrected chi connectivity index (χ3v) is 2.19. The molecule has 0 aromatic rings. The van der Waals surface area contributed by atoms with Crippen LogP contribution in [0, 0.1) is 0 Å². The molecular weight excluding hydrogens is 164 g/mol. The summed E-state index contributed by atoms with van der Waals surface area (Å²) in [5.41, 5.74) is 0. The van der Waals surface area contributed by atoms with Crippen LogP contribution in [0.1, 0.15) is 19.3 Å². The van der Waals surface area contributed by atoms with Crippen molar-refractivity contribution in [2.75, 3.05) is 0 Å². The van der Waals surface area contributed by atoms with Crippen molar-refractivity contribution in [2.24, 2.45) is 0 Å². The van der Waals surface area contributed by atoms with Crippen molar-refractivity contribution in [1.82, 2.24) is 0 Å². The van der Waals surface area contributed by atoms with E-state index in [-0.39, 0.29) is 12.4 Å². The zero-order valence-electron chi connectivity index (χ0n) is 7.56. The first-order valence-electron chi connectivity index (χ1n) is 4.76. The molecule has 0 N–H and O–H groups in total. The lowest BCUT2D eigenvalue weighted by atomic mass is 10.1. The normalized spacial score (nSPS) is 31.7. The predicted molar refractivity (Wildman–Crippen MR) is 51.0 cm³/mol. The van der Waals surface area contributed by atoms with Gasteiger partial charge < -0.3 is 9.47 Å². The molecule has 1 aliphatic heterocycles. The second-order valence-corrected chi connectivity index (χ2v) is 3.25. The molecule has 0 bridgehead atoms. The van der Waals surface area contributed by atoms with E-state index in [1.807, 2.05) is 18.2 Å². The van der Waals surface area contributed by atoms with Crippen molar-refractivity contribution in [3.05, 3.63) is 36.6 Å². The van der Waals surface area contributed by atoms with E-state index in [0.717, 1.165) is 6.42 Å². The molecule has 2 atom stereocenters. The zero-order valence-corrected chi connectivity index (χ0v) is 7.56. The van der Waals surface area contributed by atoms with Gasteiger partial charge in [0.1, 0.15) is 0 Å². The summed E-state index contributed by atoms with van der Waals surface area (Å²) in [5, 5.41) is 0. The molecule has 0 fully saturated rings. The second kappa shape index (κ2) is 4.28. The Morgan fingerprint density at radius 2 is 2.23 bits per heavy atom. The molecule has 2 heteroatoms. The van der Waals surface area contributed by atoms with Crippen molar-refractivity contribution >= 4 is 0 Å². The van der Waals surface area contributed by atoms with E-state index in [1.165, 1.54) is 12.8 Å². The quantitative estimate of drug-likeness (QED) is 0.605. The number of ether oxygens (including phenoxy) is 2. The van der Waals surface area contributed by atoms with E-state index in [4.69, 9.17) is 9.47 Å². The minimum absolute atomic E-state index is 0.197. The van der Waals surface area contributed by atoms with Crippen molar-refractivity contribution < 1.29 is 9.47 Å². The highest BCUT2D eigenvalue weighted by Gasteiger charge is 2.14. The molecule has 0 radical (unpaired) electrons. The number of allylic oxidation sites excluding steroid dienone is 3. The van der Waals surface area contributed by atoms with Gasteiger partial charge in [-0.25, -0.2) is 0 Å². The first-order chi connectivity index (χ1) is 6.45. The third kappa shape index (κ3) is 2.46. The average molecular weight is 178 g/mol. The molecule has 0 amide bonds. The summed E-state index contributed by atoms with van der Waals surface area (Å²) in [6.07, 6.45) is 15.2. The van der Waals surface area contributed by atoms with Gasteiger partial charge in [-0.05, 0) is 31.4 Å². The Morgan fingerprint density at radius 3 is 2.92 bits per heavy atom. The van der Waals surface area contributed by atoms with Gasteiger partial charge in [-0.3, -0.25) is 0 Å². The summed E-state index contributed by atoms with van der Waals surface area (Å²) in [6.45, 7) is 0. The van der Waals surface area contributed by atoms with Crippen molar-refractivity contribution in [2.45, 2.75) is 31.7 Å². The lowest BCUT2D eigenvalue weighted by molar-refractivity contribution is -0.101. The highest BCUT2D eigenvalue weighted by molar-refractivity contribution is 5.06. The Bertz CT molecular complexity index is 240. The molecule has 2 aliphatic rings. The van der Waals surface area contributed by atoms with Gasteiger partial charge in [0.25, 0.3) is 0 Å². The summed E-state index contributed by atoms with van der Waals surface area (Å²) >= 11 is 0. The maximum Gasteiger partial charge on any atom is 0.219 e. The van der Waals surface area contributed by atoms with Crippen LogP contribution >= 0.6 is 0 Å². The molecule has 0 saturated carbocycles. The molecule has 13 heavy (non-hydrogen) atoms. The first-order valence-corrected chi connectivity index (χ1v) is 4.76. The van der Waals surface area contributed by atoms with E-state index in [9.17, 15) is 0 Å². The molecular formula is C11H14O2. The van der Waals surface area contributed by atoms with Crippen LogP contribution in [0.15, 0.2) is 36.6 Å². The smallest absolute Gasteiger partial charge is 0.219 e. The highest BCUT2D eigenvalue weighted by Crippen LogP contribution is 2.17. The lowest BCUT2D eigenvalue weighted by Gasteiger charge is -2.22. The monoisotopic (exact) mass is 178 g/mol. The van der Waals surface area contributed by atoms with Crippen LogP contribution in [0.4, 0.5) is 0 Å². The summed E-state index contributed by atoms with van der Waals surface area (Å²) in [5.74, 6) is 0. The van der Waals surface area contributed by atoms with E-state index in [1.54, 1.807) is 6.26 Å². The van der Waals surface area contributed by atoms with Gasteiger partial charge >= 0.3 is 0 Å². The van der Waals surface area contributed by atoms with E-state index in [0.29, 0.717) is 0 Å². The molecule has 2 nitrogen and oxygen atoms in total. The summed E-state index contributed by atoms with van der Waals surface area (Å²) < 4.78 is 10.9. The van der Waals surface area contributed by atoms with Gasteiger partial charge in [0.15, 0.2) is 0 Å². The van der Waals surface area contributed by atoms with Crippen LogP contribution in [-0.4, -0.2) is 12.4 Å². The van der Waals surface area contributed by atoms with E-state index in [2.05, 4.69) is 12.2 Å². The van der Waals surface area contributed by atoms with Gasteiger partial charge in [0.05, 0.1) is 12.4 Å². The Labute approximate surface area is 78.5 Å². The minimum Gasteiger partial charge on any atom is -0.469 e. The molecule has 0 aromatic carbocycles. The molecule has 0 aromatic heterocycles. The standard InChI is InChI=1S/C11H14O2/c1-2-6-10(7-3-1)13-11-8-4-5-9-12-11/h2,4-6,8-11H,1,3,7H2. The van der Waals surface area contributed by atoms with Gasteiger partial charge in [0.2, 0.25) is 6.29 Å². The summed E-state index contributed by atoms with van der Waals surface area (Å²) in [7, 11) is 0. The van der Waals surface area contributed by atoms with Gasteiger partial charge in [0, 0.05) is 0 Å². The molecule has 1 heterocycles. The van der Waals surface area contributed by atoms with Crippen molar-refractivity contribution in [3.63, 3.8) is 0 Å². The highest BCUT2D eigenvalue weighted by atomic mass is 16.7. The zero-order chi connectivity index (χ0) is 8.93. The maximum atomic E-state index is 5.69. The van der Waals surface area contributed by atoms with Crippen LogP contribution in [0.25, 0.3) is 0 Å². The van der Waals surface area contributed by atoms with Crippen LogP contribution in [0.2, 0.25) is 0 Å². The van der Waals surface area contributed by atoms with Gasteiger partial charge in [-0.1, -0.05) is 18.2 Å². The fourth-order valence-electron chi connectivity index (χ4n) is 1.51. The van der Waals surface area contributed by atoms with Gasteiger partial charge in [-0.2, -0.15) is 0 Å². The van der Waals surface area contributed by atoms with Crippen molar-refractivity contribution in [1.29, 1.82) is 0 Å². The maximum absolute atomic E-state index is 5.69. The Balaban J connectivity index is 1.83. The summed E-state index contributed by atoms with van der Waals surface area (Å²) in [4.78, 5) is 0. The number of hydrogen-bond donors (Lipinski definition) is 0. The van der Waals surface area contributed by atoms with Gasteiger partial charge in [-0.15, -0.1) is 0 Å². The molecule has 0 spiro atoms. The predicted octanol–water partition coefficient (Wildman–Crippen LogP) is 2.54. The largest absolute Gasteiger partial charge is 0.469 e. The topological polar surface area (TPSA) is 18.5 Å². The summed E-state index contributed by atoms with van der Waals surface area (Å²) in [6, 6.07) is 0. The number of rotatable bonds is 2. The Hall–Kier alpha value is -1.02. The molecule has 2 unspecified atom stereocenters. The van der Waals surface area contributed by atoms with Crippen LogP contribution in [0.5, 0.6) is 0 Å². The fourth-order valence-corrected chi connectivity index (χ4v) is 1.51. The Morgan fingerprint density at radius 1 is 1.23 bits per heavy atom. The minimum atomic E-state index is -0.197. The first kappa shape index (κ1) is 8.57. The fraction of sp³-hybridized carbons (Fsp3) is 0.455. The molecule has 1 aliphatic carbocycles. The number of hydrogen-bond acceptors (Lipinski definition) is 2. The second-order valence-electron chi connectivity index (χ2n) is 3.25. The van der Waals surface area contributed by atoms with Crippen LogP contribution in [-0.2, 0) is 9.47 Å². The van der Waals surface area contributed by atoms with Crippen LogP contribution < -0.4 is 0 Å². The van der Waals surface area contributed by atoms with E-state index < -0.39 is 0 Å². The van der Waals surface area contributed by atoms with E-state index >= 15 is 0 Å². The van der Waals surface area contributed by atoms with Crippen molar-refractivity contribution in [3.8, 4) is 0 Å². The molecule has 0 saturated heterocycles. The average Bonchev–Trinajstić information content (AvgIpc) is 2.21. The lowest BCUT2D eigenvalue weighted by Crippen LogP contribution is -2.22. The molecule has 2 rings (SSSR count). The Kier molecular flexibility index (Phi) is 2.82. The third-order valence-electron chi connectivity index (χ3n) is 2.19.